The fraction of sp³-hybridized carbons (Fsp3) is 0.400. The zero-order valence-corrected chi connectivity index (χ0v) is 14.1. The molecule has 1 atom stereocenters. The molecule has 126 valence electrons. The van der Waals surface area contributed by atoms with Crippen LogP contribution in [0, 0.1) is 0 Å². The van der Waals surface area contributed by atoms with Crippen molar-refractivity contribution in [1.29, 1.82) is 0 Å². The van der Waals surface area contributed by atoms with Crippen molar-refractivity contribution in [2.45, 2.75) is 38.6 Å². The smallest absolute Gasteiger partial charge is 0.312 e. The average molecular weight is 324 g/mol. The molecule has 1 aliphatic rings. The molecule has 1 fully saturated rings. The summed E-state index contributed by atoms with van der Waals surface area (Å²) in [6, 6.07) is 14.7. The van der Waals surface area contributed by atoms with Crippen LogP contribution < -0.4 is 5.32 Å². The Labute approximate surface area is 142 Å². The van der Waals surface area contributed by atoms with Crippen LogP contribution in [0.1, 0.15) is 31.7 Å². The summed E-state index contributed by atoms with van der Waals surface area (Å²) < 4.78 is 0. The monoisotopic (exact) mass is 324 g/mol. The van der Waals surface area contributed by atoms with Gasteiger partial charge in [-0.3, -0.25) is 9.59 Å². The van der Waals surface area contributed by atoms with Gasteiger partial charge in [-0.25, -0.2) is 0 Å². The van der Waals surface area contributed by atoms with Gasteiger partial charge in [0, 0.05) is 19.1 Å². The lowest BCUT2D eigenvalue weighted by atomic mass is 10.0. The van der Waals surface area contributed by atoms with Gasteiger partial charge in [0.05, 0.1) is 0 Å². The minimum Gasteiger partial charge on any atom is -0.346 e. The SMILES string of the molecule is CCCC[C@@H]1CNC(=O)C(=O)N1CCc1cccc2ccccc12. The molecule has 2 aromatic rings. The van der Waals surface area contributed by atoms with E-state index in [-0.39, 0.29) is 11.9 Å². The number of nitrogens with zero attached hydrogens (tertiary/aromatic N) is 1. The molecule has 2 aromatic carbocycles. The highest BCUT2D eigenvalue weighted by molar-refractivity contribution is 6.35. The summed E-state index contributed by atoms with van der Waals surface area (Å²) >= 11 is 0. The topological polar surface area (TPSA) is 49.4 Å². The predicted octanol–water partition coefficient (Wildman–Crippen LogP) is 2.90. The molecule has 0 unspecified atom stereocenters. The summed E-state index contributed by atoms with van der Waals surface area (Å²) in [7, 11) is 0. The standard InChI is InChI=1S/C20H24N2O2/c1-2-3-10-17-14-21-19(23)20(24)22(17)13-12-16-9-6-8-15-7-4-5-11-18(15)16/h4-9,11,17H,2-3,10,12-14H2,1H3,(H,21,23)/t17-/m1/s1. The summed E-state index contributed by atoms with van der Waals surface area (Å²) in [5.41, 5.74) is 1.22. The zero-order chi connectivity index (χ0) is 16.9. The predicted molar refractivity (Wildman–Crippen MR) is 95.7 cm³/mol. The molecule has 1 heterocycles. The highest BCUT2D eigenvalue weighted by Gasteiger charge is 2.33. The Bertz CT molecular complexity index is 736. The number of carbonyl (C=O) groups excluding carboxylic acids is 2. The van der Waals surface area contributed by atoms with E-state index in [0.29, 0.717) is 13.1 Å². The van der Waals surface area contributed by atoms with Crippen LogP contribution in [0.2, 0.25) is 0 Å². The number of fused-ring (bicyclic) bond motifs is 1. The number of hydrogen-bond donors (Lipinski definition) is 1. The average Bonchev–Trinajstić information content (AvgIpc) is 2.62. The van der Waals surface area contributed by atoms with Crippen molar-refractivity contribution in [3.8, 4) is 0 Å². The Morgan fingerprint density at radius 3 is 2.75 bits per heavy atom. The second-order valence-electron chi connectivity index (χ2n) is 6.39. The van der Waals surface area contributed by atoms with Crippen LogP contribution in [0.15, 0.2) is 42.5 Å². The number of nitrogens with one attached hydrogen (secondary N) is 1. The molecule has 3 rings (SSSR count). The minimum absolute atomic E-state index is 0.116. The summed E-state index contributed by atoms with van der Waals surface area (Å²) in [5, 5.41) is 5.15. The van der Waals surface area contributed by atoms with E-state index < -0.39 is 5.91 Å². The van der Waals surface area contributed by atoms with Crippen LogP contribution in [-0.2, 0) is 16.0 Å². The highest BCUT2D eigenvalue weighted by Crippen LogP contribution is 2.20. The Morgan fingerprint density at radius 1 is 1.12 bits per heavy atom. The molecule has 4 nitrogen and oxygen atoms in total. The highest BCUT2D eigenvalue weighted by atomic mass is 16.2. The lowest BCUT2D eigenvalue weighted by molar-refractivity contribution is -0.150. The van der Waals surface area contributed by atoms with Gasteiger partial charge in [0.1, 0.15) is 0 Å². The van der Waals surface area contributed by atoms with Crippen molar-refractivity contribution in [1.82, 2.24) is 10.2 Å². The fourth-order valence-corrected chi connectivity index (χ4v) is 3.43. The minimum atomic E-state index is -0.472. The van der Waals surface area contributed by atoms with Gasteiger partial charge in [0.25, 0.3) is 0 Å². The first-order chi connectivity index (χ1) is 11.7. The quantitative estimate of drug-likeness (QED) is 0.831. The van der Waals surface area contributed by atoms with Crippen molar-refractivity contribution in [3.63, 3.8) is 0 Å². The third kappa shape index (κ3) is 3.42. The molecule has 0 spiro atoms. The lowest BCUT2D eigenvalue weighted by Crippen LogP contribution is -2.58. The molecule has 0 bridgehead atoms. The zero-order valence-electron chi connectivity index (χ0n) is 14.1. The summed E-state index contributed by atoms with van der Waals surface area (Å²) in [5.74, 6) is -0.858. The van der Waals surface area contributed by atoms with Crippen molar-refractivity contribution in [3.05, 3.63) is 48.0 Å². The van der Waals surface area contributed by atoms with Gasteiger partial charge in [-0.05, 0) is 29.2 Å². The van der Waals surface area contributed by atoms with Crippen LogP contribution >= 0.6 is 0 Å². The van der Waals surface area contributed by atoms with Crippen molar-refractivity contribution in [2.24, 2.45) is 0 Å². The first-order valence-corrected chi connectivity index (χ1v) is 8.76. The van der Waals surface area contributed by atoms with Crippen LogP contribution in [0.5, 0.6) is 0 Å². The molecular formula is C20H24N2O2. The van der Waals surface area contributed by atoms with E-state index in [1.807, 2.05) is 12.1 Å². The maximum atomic E-state index is 12.3. The molecule has 4 heteroatoms. The molecule has 0 aliphatic carbocycles. The number of rotatable bonds is 6. The second-order valence-corrected chi connectivity index (χ2v) is 6.39. The number of piperazine rings is 1. The van der Waals surface area contributed by atoms with Crippen molar-refractivity contribution >= 4 is 22.6 Å². The Balaban J connectivity index is 1.76. The van der Waals surface area contributed by atoms with Gasteiger partial charge in [-0.2, -0.15) is 0 Å². The largest absolute Gasteiger partial charge is 0.346 e. The van der Waals surface area contributed by atoms with Gasteiger partial charge < -0.3 is 10.2 Å². The van der Waals surface area contributed by atoms with Gasteiger partial charge in [0.15, 0.2) is 0 Å². The van der Waals surface area contributed by atoms with E-state index in [9.17, 15) is 9.59 Å². The van der Waals surface area contributed by atoms with Crippen LogP contribution in [0.4, 0.5) is 0 Å². The number of carbonyl (C=O) groups is 2. The third-order valence-corrected chi connectivity index (χ3v) is 4.79. The van der Waals surface area contributed by atoms with E-state index in [1.165, 1.54) is 16.3 Å². The van der Waals surface area contributed by atoms with E-state index in [4.69, 9.17) is 0 Å². The van der Waals surface area contributed by atoms with Crippen molar-refractivity contribution < 1.29 is 9.59 Å². The molecule has 2 amide bonds. The molecule has 0 aromatic heterocycles. The molecule has 1 aliphatic heterocycles. The van der Waals surface area contributed by atoms with Crippen LogP contribution in [0.3, 0.4) is 0 Å². The van der Waals surface area contributed by atoms with Gasteiger partial charge >= 0.3 is 11.8 Å². The Kier molecular flexibility index (Phi) is 5.14. The summed E-state index contributed by atoms with van der Waals surface area (Å²) in [4.78, 5) is 25.8. The number of unbranched alkanes of at least 4 members (excludes halogenated alkanes) is 1. The third-order valence-electron chi connectivity index (χ3n) is 4.79. The molecule has 24 heavy (non-hydrogen) atoms. The summed E-state index contributed by atoms with van der Waals surface area (Å²) in [6.07, 6.45) is 3.87. The van der Waals surface area contributed by atoms with Crippen LogP contribution in [0.25, 0.3) is 10.8 Å². The first-order valence-electron chi connectivity index (χ1n) is 8.76. The summed E-state index contributed by atoms with van der Waals surface area (Å²) in [6.45, 7) is 3.30. The molecule has 0 radical (unpaired) electrons. The molecule has 1 saturated heterocycles. The van der Waals surface area contributed by atoms with E-state index in [2.05, 4.69) is 42.6 Å². The molecule has 1 N–H and O–H groups in total. The number of benzene rings is 2. The van der Waals surface area contributed by atoms with Crippen LogP contribution in [-0.4, -0.2) is 35.8 Å². The fourth-order valence-electron chi connectivity index (χ4n) is 3.43. The van der Waals surface area contributed by atoms with Crippen molar-refractivity contribution in [2.75, 3.05) is 13.1 Å². The number of hydrogen-bond acceptors (Lipinski definition) is 2. The van der Waals surface area contributed by atoms with E-state index in [1.54, 1.807) is 4.90 Å². The first kappa shape index (κ1) is 16.5. The van der Waals surface area contributed by atoms with Gasteiger partial charge in [-0.1, -0.05) is 62.2 Å². The normalized spacial score (nSPS) is 18.0. The van der Waals surface area contributed by atoms with E-state index in [0.717, 1.165) is 25.7 Å². The molecule has 0 saturated carbocycles. The Hall–Kier alpha value is -2.36. The van der Waals surface area contributed by atoms with E-state index >= 15 is 0 Å². The second kappa shape index (κ2) is 7.47. The maximum absolute atomic E-state index is 12.3. The van der Waals surface area contributed by atoms with Gasteiger partial charge in [0.2, 0.25) is 0 Å². The Morgan fingerprint density at radius 2 is 1.92 bits per heavy atom. The maximum Gasteiger partial charge on any atom is 0.312 e. The number of amides is 2. The van der Waals surface area contributed by atoms with Gasteiger partial charge in [-0.15, -0.1) is 0 Å². The lowest BCUT2D eigenvalue weighted by Gasteiger charge is -2.35. The molecular weight excluding hydrogens is 300 g/mol.